The Morgan fingerprint density at radius 3 is 2.79 bits per heavy atom. The lowest BCUT2D eigenvalue weighted by molar-refractivity contribution is -0.123. The van der Waals surface area contributed by atoms with Gasteiger partial charge in [0, 0.05) is 18.0 Å². The predicted molar refractivity (Wildman–Crippen MR) is 90.2 cm³/mol. The number of nitrogens with one attached hydrogen (secondary N) is 2. The van der Waals surface area contributed by atoms with Gasteiger partial charge in [-0.15, -0.1) is 0 Å². The van der Waals surface area contributed by atoms with E-state index >= 15 is 0 Å². The molecule has 1 aliphatic heterocycles. The molecule has 2 aliphatic rings. The molecule has 1 aromatic carbocycles. The van der Waals surface area contributed by atoms with Crippen LogP contribution >= 0.6 is 0 Å². The lowest BCUT2D eigenvalue weighted by atomic mass is 9.92. The lowest BCUT2D eigenvalue weighted by Crippen LogP contribution is -2.35. The van der Waals surface area contributed by atoms with Gasteiger partial charge in [0.15, 0.2) is 0 Å². The SMILES string of the molecule is COc1ccc(OC)c(C(O)CNC(=O)C2CC23CCNCC3)c1. The average Bonchev–Trinajstić information content (AvgIpc) is 3.32. The number of carbonyl (C=O) groups excluding carboxylic acids is 1. The van der Waals surface area contributed by atoms with Crippen molar-refractivity contribution in [1.29, 1.82) is 0 Å². The average molecular weight is 334 g/mol. The summed E-state index contributed by atoms with van der Waals surface area (Å²) in [6.45, 7) is 2.16. The summed E-state index contributed by atoms with van der Waals surface area (Å²) in [5.74, 6) is 1.38. The van der Waals surface area contributed by atoms with Gasteiger partial charge in [-0.1, -0.05) is 0 Å². The topological polar surface area (TPSA) is 79.8 Å². The van der Waals surface area contributed by atoms with Crippen LogP contribution in [0.2, 0.25) is 0 Å². The molecule has 0 bridgehead atoms. The van der Waals surface area contributed by atoms with E-state index in [0.29, 0.717) is 17.1 Å². The minimum absolute atomic E-state index is 0.0535. The van der Waals surface area contributed by atoms with Crippen LogP contribution in [0.5, 0.6) is 11.5 Å². The number of aliphatic hydroxyl groups excluding tert-OH is 1. The van der Waals surface area contributed by atoms with Crippen molar-refractivity contribution in [2.45, 2.75) is 25.4 Å². The molecule has 2 fully saturated rings. The zero-order valence-corrected chi connectivity index (χ0v) is 14.3. The summed E-state index contributed by atoms with van der Waals surface area (Å²) in [6.07, 6.45) is 2.27. The Morgan fingerprint density at radius 1 is 1.38 bits per heavy atom. The van der Waals surface area contributed by atoms with Gasteiger partial charge in [-0.25, -0.2) is 0 Å². The Balaban J connectivity index is 1.58. The second kappa shape index (κ2) is 6.99. The molecule has 0 aromatic heterocycles. The van der Waals surface area contributed by atoms with E-state index in [9.17, 15) is 9.90 Å². The summed E-state index contributed by atoms with van der Waals surface area (Å²) in [5.41, 5.74) is 0.818. The number of aliphatic hydroxyl groups is 1. The highest BCUT2D eigenvalue weighted by Gasteiger charge is 2.57. The number of rotatable bonds is 6. The molecule has 132 valence electrons. The summed E-state index contributed by atoms with van der Waals surface area (Å²) in [4.78, 5) is 12.4. The van der Waals surface area contributed by atoms with Crippen molar-refractivity contribution < 1.29 is 19.4 Å². The fraction of sp³-hybridized carbons (Fsp3) is 0.611. The first-order valence-electron chi connectivity index (χ1n) is 8.48. The largest absolute Gasteiger partial charge is 0.497 e. The van der Waals surface area contributed by atoms with Crippen LogP contribution in [-0.4, -0.2) is 44.9 Å². The molecule has 1 saturated carbocycles. The molecule has 3 N–H and O–H groups in total. The van der Waals surface area contributed by atoms with Crippen LogP contribution in [0.1, 0.15) is 30.9 Å². The van der Waals surface area contributed by atoms with Crippen molar-refractivity contribution in [3.05, 3.63) is 23.8 Å². The highest BCUT2D eigenvalue weighted by Crippen LogP contribution is 2.58. The number of hydrogen-bond acceptors (Lipinski definition) is 5. The molecule has 1 heterocycles. The molecule has 1 amide bonds. The van der Waals surface area contributed by atoms with E-state index in [0.717, 1.165) is 32.4 Å². The molecule has 1 aromatic rings. The molecule has 6 nitrogen and oxygen atoms in total. The second-order valence-electron chi connectivity index (χ2n) is 6.74. The summed E-state index contributed by atoms with van der Waals surface area (Å²) >= 11 is 0. The molecule has 3 rings (SSSR count). The van der Waals surface area contributed by atoms with E-state index < -0.39 is 6.10 Å². The monoisotopic (exact) mass is 334 g/mol. The smallest absolute Gasteiger partial charge is 0.223 e. The molecule has 6 heteroatoms. The van der Waals surface area contributed by atoms with Crippen LogP contribution < -0.4 is 20.1 Å². The number of carbonyl (C=O) groups is 1. The Hall–Kier alpha value is -1.79. The Morgan fingerprint density at radius 2 is 2.12 bits per heavy atom. The maximum absolute atomic E-state index is 12.4. The van der Waals surface area contributed by atoms with Gasteiger partial charge < -0.3 is 25.2 Å². The molecule has 1 saturated heterocycles. The van der Waals surface area contributed by atoms with Gasteiger partial charge in [-0.2, -0.15) is 0 Å². The Labute approximate surface area is 142 Å². The first kappa shape index (κ1) is 17.0. The second-order valence-corrected chi connectivity index (χ2v) is 6.74. The molecular formula is C18H26N2O4. The van der Waals surface area contributed by atoms with E-state index in [4.69, 9.17) is 9.47 Å². The number of ether oxygens (including phenoxy) is 2. The van der Waals surface area contributed by atoms with Crippen LogP contribution in [0.25, 0.3) is 0 Å². The van der Waals surface area contributed by atoms with Crippen molar-refractivity contribution in [2.24, 2.45) is 11.3 Å². The number of amides is 1. The third kappa shape index (κ3) is 3.35. The van der Waals surface area contributed by atoms with Gasteiger partial charge in [0.2, 0.25) is 5.91 Å². The fourth-order valence-electron chi connectivity index (χ4n) is 3.73. The number of benzene rings is 1. The fourth-order valence-corrected chi connectivity index (χ4v) is 3.73. The number of methoxy groups -OCH3 is 2. The van der Waals surface area contributed by atoms with E-state index in [-0.39, 0.29) is 23.8 Å². The number of hydrogen-bond donors (Lipinski definition) is 3. The van der Waals surface area contributed by atoms with Crippen molar-refractivity contribution in [3.8, 4) is 11.5 Å². The maximum atomic E-state index is 12.4. The van der Waals surface area contributed by atoms with Gasteiger partial charge in [0.05, 0.1) is 20.3 Å². The van der Waals surface area contributed by atoms with Crippen LogP contribution in [-0.2, 0) is 4.79 Å². The lowest BCUT2D eigenvalue weighted by Gasteiger charge is -2.23. The molecule has 2 atom stereocenters. The van der Waals surface area contributed by atoms with Gasteiger partial charge in [0.1, 0.15) is 11.5 Å². The van der Waals surface area contributed by atoms with E-state index in [1.54, 1.807) is 32.4 Å². The van der Waals surface area contributed by atoms with Crippen LogP contribution in [0.4, 0.5) is 0 Å². The molecular weight excluding hydrogens is 308 g/mol. The molecule has 2 unspecified atom stereocenters. The molecule has 1 aliphatic carbocycles. The predicted octanol–water partition coefficient (Wildman–Crippen LogP) is 1.24. The summed E-state index contributed by atoms with van der Waals surface area (Å²) < 4.78 is 10.5. The van der Waals surface area contributed by atoms with E-state index in [1.807, 2.05) is 0 Å². The van der Waals surface area contributed by atoms with Crippen LogP contribution in [0.3, 0.4) is 0 Å². The van der Waals surface area contributed by atoms with Gasteiger partial charge in [0.25, 0.3) is 0 Å². The Kier molecular flexibility index (Phi) is 4.96. The standard InChI is InChI=1S/C18H26N2O4/c1-23-12-3-4-16(24-2)13(9-12)15(21)11-20-17(22)14-10-18(14)5-7-19-8-6-18/h3-4,9,14-15,19,21H,5-8,10-11H2,1-2H3,(H,20,22). The summed E-state index contributed by atoms with van der Waals surface area (Å²) in [5, 5.41) is 16.7. The van der Waals surface area contributed by atoms with Crippen molar-refractivity contribution in [3.63, 3.8) is 0 Å². The van der Waals surface area contributed by atoms with Gasteiger partial charge in [-0.3, -0.25) is 4.79 Å². The molecule has 24 heavy (non-hydrogen) atoms. The van der Waals surface area contributed by atoms with Gasteiger partial charge in [-0.05, 0) is 56.0 Å². The number of piperidine rings is 1. The van der Waals surface area contributed by atoms with Gasteiger partial charge >= 0.3 is 0 Å². The maximum Gasteiger partial charge on any atom is 0.223 e. The summed E-state index contributed by atoms with van der Waals surface area (Å²) in [6, 6.07) is 5.27. The molecule has 0 radical (unpaired) electrons. The van der Waals surface area contributed by atoms with E-state index in [1.165, 1.54) is 0 Å². The van der Waals surface area contributed by atoms with E-state index in [2.05, 4.69) is 10.6 Å². The van der Waals surface area contributed by atoms with Crippen LogP contribution in [0.15, 0.2) is 18.2 Å². The zero-order chi connectivity index (χ0) is 17.2. The summed E-state index contributed by atoms with van der Waals surface area (Å²) in [7, 11) is 3.13. The van der Waals surface area contributed by atoms with Crippen molar-refractivity contribution in [1.82, 2.24) is 10.6 Å². The van der Waals surface area contributed by atoms with Crippen molar-refractivity contribution >= 4 is 5.91 Å². The minimum atomic E-state index is -0.832. The highest BCUT2D eigenvalue weighted by atomic mass is 16.5. The van der Waals surface area contributed by atoms with Crippen LogP contribution in [0, 0.1) is 11.3 Å². The van der Waals surface area contributed by atoms with Crippen molar-refractivity contribution in [2.75, 3.05) is 33.9 Å². The highest BCUT2D eigenvalue weighted by molar-refractivity contribution is 5.82. The first-order chi connectivity index (χ1) is 11.6. The molecule has 1 spiro atoms. The normalized spacial score (nSPS) is 22.7. The minimum Gasteiger partial charge on any atom is -0.497 e. The first-order valence-corrected chi connectivity index (χ1v) is 8.48. The Bertz CT molecular complexity index is 599. The zero-order valence-electron chi connectivity index (χ0n) is 14.3. The third-order valence-electron chi connectivity index (χ3n) is 5.37. The quantitative estimate of drug-likeness (QED) is 0.729. The third-order valence-corrected chi connectivity index (χ3v) is 5.37.